The van der Waals surface area contributed by atoms with Crippen LogP contribution in [-0.4, -0.2) is 68.5 Å². The predicted octanol–water partition coefficient (Wildman–Crippen LogP) is 9.16. The molecule has 0 aromatic heterocycles. The van der Waals surface area contributed by atoms with Gasteiger partial charge < -0.3 is 28.8 Å². The van der Waals surface area contributed by atoms with Gasteiger partial charge >= 0.3 is 0 Å². The molecule has 0 saturated heterocycles. The number of nitrogens with zero attached hydrogens (tertiary/aromatic N) is 1. The molecular formula is C38H75N2O6P. The highest BCUT2D eigenvalue weighted by molar-refractivity contribution is 7.45. The van der Waals surface area contributed by atoms with Crippen molar-refractivity contribution in [2.75, 3.05) is 40.9 Å². The first-order chi connectivity index (χ1) is 22.5. The summed E-state index contributed by atoms with van der Waals surface area (Å²) >= 11 is 0. The number of aliphatic hydroxyl groups excluding tert-OH is 1. The third-order valence-corrected chi connectivity index (χ3v) is 9.43. The lowest BCUT2D eigenvalue weighted by Gasteiger charge is -2.29. The van der Waals surface area contributed by atoms with Gasteiger partial charge in [0.1, 0.15) is 13.2 Å². The van der Waals surface area contributed by atoms with E-state index in [2.05, 4.69) is 25.2 Å². The smallest absolute Gasteiger partial charge is 0.268 e. The van der Waals surface area contributed by atoms with Gasteiger partial charge in [0, 0.05) is 6.42 Å². The highest BCUT2D eigenvalue weighted by atomic mass is 31.2. The van der Waals surface area contributed by atoms with Crippen LogP contribution in [0.15, 0.2) is 24.3 Å². The highest BCUT2D eigenvalue weighted by Crippen LogP contribution is 2.38. The third kappa shape index (κ3) is 33.3. The molecule has 0 rings (SSSR count). The summed E-state index contributed by atoms with van der Waals surface area (Å²) in [6.07, 6.45) is 33.7. The van der Waals surface area contributed by atoms with Crippen molar-refractivity contribution in [3.8, 4) is 0 Å². The van der Waals surface area contributed by atoms with Crippen molar-refractivity contribution in [3.63, 3.8) is 0 Å². The molecule has 2 N–H and O–H groups in total. The predicted molar refractivity (Wildman–Crippen MR) is 196 cm³/mol. The van der Waals surface area contributed by atoms with Crippen LogP contribution in [0.25, 0.3) is 0 Å². The summed E-state index contributed by atoms with van der Waals surface area (Å²) in [6.45, 7) is 4.56. The number of quaternary nitrogens is 1. The number of unbranched alkanes of at least 4 members (excludes halogenated alkanes) is 20. The molecule has 47 heavy (non-hydrogen) atoms. The van der Waals surface area contributed by atoms with Gasteiger partial charge in [-0.3, -0.25) is 9.36 Å². The van der Waals surface area contributed by atoms with E-state index in [4.69, 9.17) is 9.05 Å². The van der Waals surface area contributed by atoms with Crippen LogP contribution in [0.4, 0.5) is 0 Å². The van der Waals surface area contributed by atoms with Crippen molar-refractivity contribution in [2.45, 2.75) is 174 Å². The van der Waals surface area contributed by atoms with E-state index < -0.39 is 26.6 Å². The van der Waals surface area contributed by atoms with E-state index in [1.165, 1.54) is 109 Å². The fraction of sp³-hybridized carbons (Fsp3) is 0.868. The number of likely N-dealkylation sites (N-methyl/N-ethyl adjacent to an activating group) is 1. The molecule has 0 aromatic rings. The number of aliphatic hydroxyl groups is 1. The number of allylic oxidation sites excluding steroid dienone is 3. The monoisotopic (exact) mass is 687 g/mol. The first-order valence-electron chi connectivity index (χ1n) is 19.2. The van der Waals surface area contributed by atoms with E-state index in [0.717, 1.165) is 32.1 Å². The molecule has 0 spiro atoms. The Balaban J connectivity index is 4.52. The second-order valence-corrected chi connectivity index (χ2v) is 15.7. The Morgan fingerprint density at radius 2 is 1.21 bits per heavy atom. The third-order valence-electron chi connectivity index (χ3n) is 8.47. The number of phosphoric ester groups is 1. The lowest BCUT2D eigenvalue weighted by molar-refractivity contribution is -0.870. The minimum absolute atomic E-state index is 0.00759. The Labute approximate surface area is 290 Å². The molecule has 9 heteroatoms. The average molecular weight is 687 g/mol. The number of phosphoric acid groups is 1. The summed E-state index contributed by atoms with van der Waals surface area (Å²) in [5.41, 5.74) is 0. The molecule has 0 radical (unpaired) electrons. The van der Waals surface area contributed by atoms with E-state index in [1.54, 1.807) is 12.2 Å². The van der Waals surface area contributed by atoms with Crippen LogP contribution < -0.4 is 10.2 Å². The number of hydrogen-bond donors (Lipinski definition) is 2. The van der Waals surface area contributed by atoms with Gasteiger partial charge in [0.2, 0.25) is 5.91 Å². The van der Waals surface area contributed by atoms with E-state index in [1.807, 2.05) is 27.2 Å². The molecule has 1 unspecified atom stereocenters. The van der Waals surface area contributed by atoms with E-state index in [9.17, 15) is 19.4 Å². The number of carbonyl (C=O) groups excluding carboxylic acids is 1. The van der Waals surface area contributed by atoms with Crippen LogP contribution in [0, 0.1) is 0 Å². The molecule has 0 aromatic carbocycles. The largest absolute Gasteiger partial charge is 0.756 e. The van der Waals surface area contributed by atoms with Crippen molar-refractivity contribution < 1.29 is 32.9 Å². The maximum atomic E-state index is 12.7. The number of rotatable bonds is 34. The number of nitrogens with one attached hydrogen (secondary N) is 1. The van der Waals surface area contributed by atoms with Crippen molar-refractivity contribution >= 4 is 13.7 Å². The van der Waals surface area contributed by atoms with Gasteiger partial charge in [-0.15, -0.1) is 0 Å². The van der Waals surface area contributed by atoms with Crippen molar-refractivity contribution in [3.05, 3.63) is 24.3 Å². The van der Waals surface area contributed by atoms with Crippen LogP contribution in [0.2, 0.25) is 0 Å². The van der Waals surface area contributed by atoms with E-state index >= 15 is 0 Å². The topological polar surface area (TPSA) is 108 Å². The zero-order valence-electron chi connectivity index (χ0n) is 31.2. The maximum Gasteiger partial charge on any atom is 0.268 e. The highest BCUT2D eigenvalue weighted by Gasteiger charge is 2.23. The lowest BCUT2D eigenvalue weighted by Crippen LogP contribution is -2.45. The molecule has 0 saturated carbocycles. The van der Waals surface area contributed by atoms with Crippen molar-refractivity contribution in [1.82, 2.24) is 5.32 Å². The minimum Gasteiger partial charge on any atom is -0.756 e. The maximum absolute atomic E-state index is 12.7. The fourth-order valence-electron chi connectivity index (χ4n) is 5.33. The summed E-state index contributed by atoms with van der Waals surface area (Å²) in [7, 11) is 1.23. The standard InChI is InChI=1S/C38H75N2O6P/c1-6-8-10-12-14-16-18-19-20-21-22-24-26-28-30-32-38(42)39-36(35-46-47(43,44)45-34-33-40(3,4)5)37(41)31-29-27-25-23-17-15-13-11-9-7-2/h25,27,29,31,36-37,41H,6-24,26,28,30,32-35H2,1-5H3,(H-,39,42,43,44)/b27-25+,31-29+/t36-,37+/m0/s1. The van der Waals surface area contributed by atoms with Crippen molar-refractivity contribution in [1.29, 1.82) is 0 Å². The lowest BCUT2D eigenvalue weighted by atomic mass is 10.0. The summed E-state index contributed by atoms with van der Waals surface area (Å²) in [5.74, 6) is -0.217. The summed E-state index contributed by atoms with van der Waals surface area (Å²) in [4.78, 5) is 25.1. The van der Waals surface area contributed by atoms with E-state index in [0.29, 0.717) is 17.4 Å². The van der Waals surface area contributed by atoms with Gasteiger partial charge in [-0.05, 0) is 19.3 Å². The van der Waals surface area contributed by atoms with Crippen LogP contribution in [0.1, 0.15) is 162 Å². The van der Waals surface area contributed by atoms with Gasteiger partial charge in [-0.25, -0.2) is 0 Å². The molecule has 278 valence electrons. The number of amides is 1. The molecule has 0 aliphatic rings. The normalized spacial score (nSPS) is 15.0. The fourth-order valence-corrected chi connectivity index (χ4v) is 6.05. The first-order valence-corrected chi connectivity index (χ1v) is 20.7. The molecule has 0 fully saturated rings. The molecule has 8 nitrogen and oxygen atoms in total. The zero-order valence-corrected chi connectivity index (χ0v) is 32.1. The summed E-state index contributed by atoms with van der Waals surface area (Å²) < 4.78 is 23.0. The summed E-state index contributed by atoms with van der Waals surface area (Å²) in [5, 5.41) is 13.6. The Bertz CT molecular complexity index is 829. The van der Waals surface area contributed by atoms with Gasteiger partial charge in [-0.2, -0.15) is 0 Å². The quantitative estimate of drug-likeness (QED) is 0.0303. The average Bonchev–Trinajstić information content (AvgIpc) is 3.01. The minimum atomic E-state index is -4.58. The van der Waals surface area contributed by atoms with Crippen LogP contribution in [0.3, 0.4) is 0 Å². The number of carbonyl (C=O) groups is 1. The summed E-state index contributed by atoms with van der Waals surface area (Å²) in [6, 6.07) is -0.911. The Hall–Kier alpha value is -1.02. The van der Waals surface area contributed by atoms with Gasteiger partial charge in [0.05, 0.1) is 39.9 Å². The molecular weight excluding hydrogens is 611 g/mol. The SMILES string of the molecule is CCCCCCCC/C=C/C=C/[C@@H](O)[C@H](COP(=O)([O-])OCC[N+](C)(C)C)NC(=O)CCCCCCCCCCCCCCCCC. The van der Waals surface area contributed by atoms with Gasteiger partial charge in [0.15, 0.2) is 0 Å². The Morgan fingerprint density at radius 1 is 0.745 bits per heavy atom. The second kappa shape index (κ2) is 31.0. The van der Waals surface area contributed by atoms with Crippen LogP contribution in [0.5, 0.6) is 0 Å². The van der Waals surface area contributed by atoms with Crippen LogP contribution >= 0.6 is 7.82 Å². The van der Waals surface area contributed by atoms with Crippen LogP contribution in [-0.2, 0) is 18.4 Å². The molecule has 0 heterocycles. The zero-order chi connectivity index (χ0) is 35.1. The first kappa shape index (κ1) is 46.0. The second-order valence-electron chi connectivity index (χ2n) is 14.3. The van der Waals surface area contributed by atoms with E-state index in [-0.39, 0.29) is 12.5 Å². The number of hydrogen-bond acceptors (Lipinski definition) is 6. The molecule has 0 bridgehead atoms. The molecule has 0 aliphatic carbocycles. The molecule has 3 atom stereocenters. The Kier molecular flexibility index (Phi) is 30.3. The Morgan fingerprint density at radius 3 is 1.70 bits per heavy atom. The van der Waals surface area contributed by atoms with Gasteiger partial charge in [-0.1, -0.05) is 160 Å². The van der Waals surface area contributed by atoms with Crippen molar-refractivity contribution in [2.24, 2.45) is 0 Å². The molecule has 1 amide bonds. The van der Waals surface area contributed by atoms with Gasteiger partial charge in [0.25, 0.3) is 7.82 Å². The molecule has 0 aliphatic heterocycles.